The first-order valence-corrected chi connectivity index (χ1v) is 21.9. The van der Waals surface area contributed by atoms with Crippen LogP contribution in [0, 0.1) is 57.2 Å². The van der Waals surface area contributed by atoms with Crippen LogP contribution >= 0.6 is 0 Å². The van der Waals surface area contributed by atoms with Crippen LogP contribution < -0.4 is 0 Å². The van der Waals surface area contributed by atoms with Gasteiger partial charge in [-0.05, 0) is 95.9 Å². The highest BCUT2D eigenvalue weighted by atomic mass is 16.2. The van der Waals surface area contributed by atoms with Crippen molar-refractivity contribution in [3.63, 3.8) is 0 Å². The fourth-order valence-electron chi connectivity index (χ4n) is 13.1. The Bertz CT molecular complexity index is 3400. The highest BCUT2D eigenvalue weighted by Crippen LogP contribution is 2.59. The molecule has 0 saturated heterocycles. The maximum Gasteiger partial charge on any atom is 0.225 e. The van der Waals surface area contributed by atoms with Crippen molar-refractivity contribution in [2.75, 3.05) is 0 Å². The van der Waals surface area contributed by atoms with Gasteiger partial charge in [0.25, 0.3) is 0 Å². The van der Waals surface area contributed by atoms with Gasteiger partial charge in [-0.15, -0.1) is 0 Å². The van der Waals surface area contributed by atoms with Gasteiger partial charge in [0.05, 0.1) is 34.1 Å². The van der Waals surface area contributed by atoms with E-state index in [-0.39, 0.29) is 25.7 Å². The first kappa shape index (κ1) is 36.6. The molecule has 64 heavy (non-hydrogen) atoms. The van der Waals surface area contributed by atoms with Gasteiger partial charge >= 0.3 is 0 Å². The Kier molecular flexibility index (Phi) is 7.30. The molecule has 0 aromatic heterocycles. The maximum absolute atomic E-state index is 14.9. The van der Waals surface area contributed by atoms with Gasteiger partial charge in [-0.25, -0.2) is 0 Å². The van der Waals surface area contributed by atoms with Crippen LogP contribution in [0.2, 0.25) is 0 Å². The molecule has 0 saturated carbocycles. The standard InChI is InChI=1S/C56H32N4O4/c57-21-45-33-5-1-2-6-34(33)46(22-58)50-38-18-42-30-12-26(38)9-25-11-29-15-31-13-27-10-28-14-32(16-30)44(56(64)54(42)62)20-40(28)52-48(24-60)36-8-4-3-7-35(36)47(23-59)51(52)39(27)19-43(31)55(63)53(61)41(29)17-37(25)49(45)50/h1-8,11-14,37,40,42-43H,9-10,15-20H2. The van der Waals surface area contributed by atoms with Gasteiger partial charge in [0.15, 0.2) is 0 Å². The van der Waals surface area contributed by atoms with E-state index >= 15 is 0 Å². The summed E-state index contributed by atoms with van der Waals surface area (Å²) in [5.41, 5.74) is 13.2. The molecular weight excluding hydrogens is 793 g/mol. The molecule has 8 heteroatoms. The number of rotatable bonds is 0. The first-order chi connectivity index (χ1) is 31.2. The number of hydrogen-bond donors (Lipinski definition) is 0. The van der Waals surface area contributed by atoms with Crippen LogP contribution in [-0.2, 0) is 19.2 Å². The number of ketones is 4. The van der Waals surface area contributed by atoms with E-state index in [1.807, 2.05) is 48.5 Å². The highest BCUT2D eigenvalue weighted by molar-refractivity contribution is 6.46. The summed E-state index contributed by atoms with van der Waals surface area (Å²) in [5.74, 6) is -4.86. The molecule has 300 valence electrons. The van der Waals surface area contributed by atoms with Crippen LogP contribution in [0.25, 0.3) is 32.7 Å². The molecule has 0 N–H and O–H groups in total. The third-order valence-corrected chi connectivity index (χ3v) is 15.9. The zero-order valence-electron chi connectivity index (χ0n) is 34.3. The van der Waals surface area contributed by atoms with Crippen LogP contribution in [-0.4, -0.2) is 23.1 Å². The Balaban J connectivity index is 1.15. The van der Waals surface area contributed by atoms with Gasteiger partial charge in [-0.2, -0.15) is 21.0 Å². The summed E-state index contributed by atoms with van der Waals surface area (Å²) in [6.07, 6.45) is 10.5. The number of carbonyl (C=O) groups excluding carboxylic acids is 4. The fourth-order valence-corrected chi connectivity index (χ4v) is 13.1. The van der Waals surface area contributed by atoms with Crippen LogP contribution in [0.5, 0.6) is 0 Å². The molecule has 4 aromatic rings. The third-order valence-electron chi connectivity index (χ3n) is 15.9. The van der Waals surface area contributed by atoms with Crippen molar-refractivity contribution in [1.29, 1.82) is 21.0 Å². The van der Waals surface area contributed by atoms with E-state index in [1.165, 1.54) is 0 Å². The van der Waals surface area contributed by atoms with Crippen molar-refractivity contribution < 1.29 is 19.2 Å². The van der Waals surface area contributed by atoms with Crippen molar-refractivity contribution in [2.24, 2.45) is 11.8 Å². The van der Waals surface area contributed by atoms with Crippen molar-refractivity contribution in [3.05, 3.63) is 173 Å². The van der Waals surface area contributed by atoms with Crippen LogP contribution in [0.3, 0.4) is 0 Å². The average Bonchev–Trinajstić information content (AvgIpc) is 3.62. The summed E-state index contributed by atoms with van der Waals surface area (Å²) in [4.78, 5) is 59.7. The van der Waals surface area contributed by atoms with E-state index in [0.29, 0.717) is 103 Å². The van der Waals surface area contributed by atoms with E-state index in [0.717, 1.165) is 55.7 Å². The minimum Gasteiger partial charge on any atom is -0.290 e. The maximum atomic E-state index is 14.9. The Hall–Kier alpha value is -8.04. The number of allylic oxidation sites excluding steroid dienone is 16. The molecule has 9 aliphatic rings. The fraction of sp³-hybridized carbons (Fsp3) is 0.214. The predicted octanol–water partition coefficient (Wildman–Crippen LogP) is 9.91. The number of carbonyl (C=O) groups is 4. The van der Waals surface area contributed by atoms with E-state index < -0.39 is 46.8 Å². The van der Waals surface area contributed by atoms with Crippen LogP contribution in [0.1, 0.15) is 108 Å². The lowest BCUT2D eigenvalue weighted by Gasteiger charge is -2.29. The zero-order valence-corrected chi connectivity index (χ0v) is 34.3. The molecule has 0 radical (unpaired) electrons. The molecule has 0 fully saturated rings. The molecule has 4 unspecified atom stereocenters. The second-order valence-corrected chi connectivity index (χ2v) is 18.6. The number of nitriles is 4. The first-order valence-electron chi connectivity index (χ1n) is 21.9. The summed E-state index contributed by atoms with van der Waals surface area (Å²) in [6, 6.07) is 24.7. The minimum absolute atomic E-state index is 0.158. The van der Waals surface area contributed by atoms with Crippen LogP contribution in [0.4, 0.5) is 0 Å². The lowest BCUT2D eigenvalue weighted by molar-refractivity contribution is -0.136. The van der Waals surface area contributed by atoms with Gasteiger partial charge in [-0.3, -0.25) is 19.2 Å². The lowest BCUT2D eigenvalue weighted by atomic mass is 9.72. The van der Waals surface area contributed by atoms with Gasteiger partial charge in [0, 0.05) is 55.7 Å². The Morgan fingerprint density at radius 3 is 1.03 bits per heavy atom. The third kappa shape index (κ3) is 4.57. The molecule has 13 rings (SSSR count). The lowest BCUT2D eigenvalue weighted by Crippen LogP contribution is -2.28. The van der Waals surface area contributed by atoms with E-state index in [1.54, 1.807) is 0 Å². The second-order valence-electron chi connectivity index (χ2n) is 18.6. The quantitative estimate of drug-likeness (QED) is 0.158. The topological polar surface area (TPSA) is 163 Å². The number of hydrogen-bond acceptors (Lipinski definition) is 8. The Morgan fingerprint density at radius 1 is 0.391 bits per heavy atom. The second kappa shape index (κ2) is 12.8. The number of fused-ring (bicyclic) bond motifs is 8. The smallest absolute Gasteiger partial charge is 0.225 e. The zero-order chi connectivity index (χ0) is 43.4. The van der Waals surface area contributed by atoms with Crippen LogP contribution in [0.15, 0.2) is 129 Å². The van der Waals surface area contributed by atoms with Crippen molar-refractivity contribution in [1.82, 2.24) is 0 Å². The van der Waals surface area contributed by atoms with Gasteiger partial charge < -0.3 is 0 Å². The summed E-state index contributed by atoms with van der Waals surface area (Å²) < 4.78 is 0. The molecule has 0 heterocycles. The monoisotopic (exact) mass is 824 g/mol. The SMILES string of the molecule is N#Cc1c2c(c(C#N)c3ccccc13)C1CC3=C4C=C1CC1=C2CC2C(=O)C(=O)C5=C(C=C6CC7=C(CC(C(=O)C3=O)C(=C7)C4)c3c(c(C#N)c4ccccc4c3C#N)C6C5)CC2=C1. The molecule has 4 atom stereocenters. The van der Waals surface area contributed by atoms with E-state index in [9.17, 15) is 40.2 Å². The molecule has 8 bridgehead atoms. The van der Waals surface area contributed by atoms with Crippen molar-refractivity contribution in [2.45, 2.75) is 63.2 Å². The minimum atomic E-state index is -0.815. The van der Waals surface area contributed by atoms with Gasteiger partial charge in [0.2, 0.25) is 23.1 Å². The number of benzene rings is 4. The Morgan fingerprint density at radius 2 is 0.688 bits per heavy atom. The van der Waals surface area contributed by atoms with E-state index in [4.69, 9.17) is 0 Å². The molecule has 9 aliphatic carbocycles. The highest BCUT2D eigenvalue weighted by Gasteiger charge is 2.48. The Labute approximate surface area is 367 Å². The molecule has 0 amide bonds. The summed E-state index contributed by atoms with van der Waals surface area (Å²) in [6.45, 7) is 0. The largest absolute Gasteiger partial charge is 0.290 e. The average molecular weight is 825 g/mol. The molecule has 0 spiro atoms. The number of nitrogens with zero attached hydrogens (tertiary/aromatic N) is 4. The van der Waals surface area contributed by atoms with Gasteiger partial charge in [0.1, 0.15) is 24.3 Å². The number of Topliss-reactive ketones (excluding diaryl/α,β-unsaturated/α-hetero) is 4. The molecule has 0 aliphatic heterocycles. The van der Waals surface area contributed by atoms with Crippen molar-refractivity contribution >= 4 is 55.8 Å². The summed E-state index contributed by atoms with van der Waals surface area (Å²) in [5, 5.41) is 46.7. The normalized spacial score (nSPS) is 24.6. The van der Waals surface area contributed by atoms with Crippen molar-refractivity contribution in [3.8, 4) is 24.3 Å². The van der Waals surface area contributed by atoms with Gasteiger partial charge in [-0.1, -0.05) is 95.1 Å². The molecule has 8 nitrogen and oxygen atoms in total. The molecule has 4 aromatic carbocycles. The predicted molar refractivity (Wildman–Crippen MR) is 236 cm³/mol. The van der Waals surface area contributed by atoms with E-state index in [2.05, 4.69) is 48.6 Å². The summed E-state index contributed by atoms with van der Waals surface area (Å²) >= 11 is 0. The molecular formula is C56H32N4O4. The summed E-state index contributed by atoms with van der Waals surface area (Å²) in [7, 11) is 0.